The van der Waals surface area contributed by atoms with Crippen molar-refractivity contribution < 1.29 is 14.6 Å². The van der Waals surface area contributed by atoms with Gasteiger partial charge in [0.15, 0.2) is 11.5 Å². The molecule has 2 atom stereocenters. The molecule has 6 heteroatoms. The number of nitrogens with zero attached hydrogens (tertiary/aromatic N) is 1. The molecule has 0 saturated carbocycles. The second-order valence-electron chi connectivity index (χ2n) is 4.98. The van der Waals surface area contributed by atoms with E-state index in [0.717, 1.165) is 27.2 Å². The van der Waals surface area contributed by atoms with Crippen molar-refractivity contribution in [3.63, 3.8) is 0 Å². The fraction of sp³-hybridized carbons (Fsp3) is 0.500. The second kappa shape index (κ2) is 6.44. The molecule has 0 bridgehead atoms. The van der Waals surface area contributed by atoms with Crippen LogP contribution in [0.25, 0.3) is 0 Å². The molecule has 0 spiro atoms. The predicted octanol–water partition coefficient (Wildman–Crippen LogP) is 2.79. The van der Waals surface area contributed by atoms with E-state index < -0.39 is 0 Å². The van der Waals surface area contributed by atoms with Gasteiger partial charge in [-0.15, -0.1) is 0 Å². The van der Waals surface area contributed by atoms with Crippen molar-refractivity contribution in [2.45, 2.75) is 26.1 Å². The van der Waals surface area contributed by atoms with E-state index in [1.54, 1.807) is 6.07 Å². The first kappa shape index (κ1) is 15.8. The van der Waals surface area contributed by atoms with Crippen molar-refractivity contribution in [3.8, 4) is 11.5 Å². The third-order valence-corrected chi connectivity index (χ3v) is 4.52. The maximum Gasteiger partial charge on any atom is 0.171 e. The van der Waals surface area contributed by atoms with Gasteiger partial charge in [0.05, 0.1) is 22.9 Å². The Kier molecular flexibility index (Phi) is 5.09. The number of phenols is 1. The minimum atomic E-state index is 0.156. The van der Waals surface area contributed by atoms with Gasteiger partial charge in [-0.2, -0.15) is 0 Å². The number of benzene rings is 1. The third-order valence-electron chi connectivity index (χ3n) is 3.20. The average molecular weight is 407 g/mol. The van der Waals surface area contributed by atoms with Crippen LogP contribution in [-0.4, -0.2) is 47.4 Å². The number of aromatic hydroxyl groups is 1. The van der Waals surface area contributed by atoms with Crippen LogP contribution in [-0.2, 0) is 4.74 Å². The van der Waals surface area contributed by atoms with Gasteiger partial charge in [0.25, 0.3) is 0 Å². The molecule has 0 aliphatic carbocycles. The summed E-state index contributed by atoms with van der Waals surface area (Å²) in [7, 11) is 1.54. The molecule has 1 heterocycles. The summed E-state index contributed by atoms with van der Waals surface area (Å²) in [6.45, 7) is 5.66. The van der Waals surface area contributed by atoms with Gasteiger partial charge >= 0.3 is 0 Å². The molecule has 20 heavy (non-hydrogen) atoms. The number of halogens is 1. The summed E-state index contributed by atoms with van der Waals surface area (Å²) in [5.74, 6) is 0.604. The number of hydrogen-bond donors (Lipinski definition) is 1. The van der Waals surface area contributed by atoms with E-state index in [4.69, 9.17) is 21.7 Å². The fourth-order valence-electron chi connectivity index (χ4n) is 2.38. The third kappa shape index (κ3) is 3.35. The lowest BCUT2D eigenvalue weighted by Crippen LogP contribution is -2.47. The van der Waals surface area contributed by atoms with Gasteiger partial charge < -0.3 is 19.5 Å². The molecule has 0 radical (unpaired) electrons. The normalized spacial score (nSPS) is 22.7. The van der Waals surface area contributed by atoms with E-state index in [-0.39, 0.29) is 18.0 Å². The Morgan fingerprint density at radius 3 is 2.55 bits per heavy atom. The van der Waals surface area contributed by atoms with E-state index in [2.05, 4.69) is 27.5 Å². The molecule has 110 valence electrons. The summed E-state index contributed by atoms with van der Waals surface area (Å²) < 4.78 is 11.6. The Morgan fingerprint density at radius 2 is 2.00 bits per heavy atom. The standard InChI is InChI=1S/C14H18INO3S/c1-8-6-16(7-9(2)19-8)14(20)10-4-11(15)13(17)12(5-10)18-3/h4-5,8-9,17H,6-7H2,1-3H3/t8-,9+. The maximum absolute atomic E-state index is 9.89. The number of methoxy groups -OCH3 is 1. The number of morpholine rings is 1. The number of ether oxygens (including phenoxy) is 2. The van der Waals surface area contributed by atoms with E-state index in [1.807, 2.05) is 19.9 Å². The van der Waals surface area contributed by atoms with Crippen LogP contribution in [0.5, 0.6) is 11.5 Å². The SMILES string of the molecule is COc1cc(C(=S)N2C[C@@H](C)O[C@@H](C)C2)cc(I)c1O. The predicted molar refractivity (Wildman–Crippen MR) is 90.7 cm³/mol. The zero-order valence-electron chi connectivity index (χ0n) is 11.7. The van der Waals surface area contributed by atoms with Crippen LogP contribution >= 0.6 is 34.8 Å². The summed E-state index contributed by atoms with van der Waals surface area (Å²) in [5.41, 5.74) is 0.889. The Balaban J connectivity index is 2.27. The Labute approximate surface area is 138 Å². The smallest absolute Gasteiger partial charge is 0.171 e. The van der Waals surface area contributed by atoms with Crippen molar-refractivity contribution in [1.29, 1.82) is 0 Å². The molecule has 1 aromatic carbocycles. The molecule has 1 N–H and O–H groups in total. The molecule has 2 rings (SSSR count). The molecule has 1 aliphatic rings. The zero-order valence-corrected chi connectivity index (χ0v) is 14.7. The molecule has 4 nitrogen and oxygen atoms in total. The van der Waals surface area contributed by atoms with E-state index in [9.17, 15) is 5.11 Å². The monoisotopic (exact) mass is 407 g/mol. The highest BCUT2D eigenvalue weighted by atomic mass is 127. The van der Waals surface area contributed by atoms with Crippen LogP contribution in [0.1, 0.15) is 19.4 Å². The van der Waals surface area contributed by atoms with E-state index in [0.29, 0.717) is 5.75 Å². The summed E-state index contributed by atoms with van der Waals surface area (Å²) in [6, 6.07) is 3.66. The van der Waals surface area contributed by atoms with E-state index in [1.165, 1.54) is 7.11 Å². The van der Waals surface area contributed by atoms with Gasteiger partial charge in [0.2, 0.25) is 0 Å². The van der Waals surface area contributed by atoms with E-state index >= 15 is 0 Å². The Bertz CT molecular complexity index is 513. The van der Waals surface area contributed by atoms with Gasteiger partial charge in [-0.05, 0) is 48.6 Å². The largest absolute Gasteiger partial charge is 0.504 e. The summed E-state index contributed by atoms with van der Waals surface area (Å²) >= 11 is 7.67. The number of rotatable bonds is 2. The number of thiocarbonyl (C=S) groups is 1. The lowest BCUT2D eigenvalue weighted by atomic mass is 10.1. The quantitative estimate of drug-likeness (QED) is 0.604. The molecule has 1 fully saturated rings. The highest BCUT2D eigenvalue weighted by Crippen LogP contribution is 2.33. The highest BCUT2D eigenvalue weighted by molar-refractivity contribution is 14.1. The van der Waals surface area contributed by atoms with Crippen molar-refractivity contribution >= 4 is 39.8 Å². The van der Waals surface area contributed by atoms with Crippen LogP contribution < -0.4 is 4.74 Å². The summed E-state index contributed by atoms with van der Waals surface area (Å²) in [4.78, 5) is 2.92. The van der Waals surface area contributed by atoms with Gasteiger partial charge in [-0.1, -0.05) is 12.2 Å². The molecular formula is C14H18INO3S. The van der Waals surface area contributed by atoms with Crippen LogP contribution in [0.4, 0.5) is 0 Å². The van der Waals surface area contributed by atoms with Crippen LogP contribution in [0, 0.1) is 3.57 Å². The van der Waals surface area contributed by atoms with Crippen molar-refractivity contribution in [1.82, 2.24) is 4.90 Å². The minimum absolute atomic E-state index is 0.156. The summed E-state index contributed by atoms with van der Waals surface area (Å²) in [5, 5.41) is 9.89. The lowest BCUT2D eigenvalue weighted by Gasteiger charge is -2.37. The molecule has 1 aromatic rings. The summed E-state index contributed by atoms with van der Waals surface area (Å²) in [6.07, 6.45) is 0.324. The topological polar surface area (TPSA) is 41.9 Å². The molecular weight excluding hydrogens is 389 g/mol. The van der Waals surface area contributed by atoms with Crippen LogP contribution in [0.15, 0.2) is 12.1 Å². The zero-order chi connectivity index (χ0) is 14.9. The molecule has 1 aliphatic heterocycles. The first-order valence-corrected chi connectivity index (χ1v) is 7.92. The molecule has 0 unspecified atom stereocenters. The lowest BCUT2D eigenvalue weighted by molar-refractivity contribution is -0.0472. The number of hydrogen-bond acceptors (Lipinski definition) is 4. The Morgan fingerprint density at radius 1 is 1.40 bits per heavy atom. The van der Waals surface area contributed by atoms with Crippen molar-refractivity contribution in [3.05, 3.63) is 21.3 Å². The van der Waals surface area contributed by atoms with Gasteiger partial charge in [-0.25, -0.2) is 0 Å². The van der Waals surface area contributed by atoms with Crippen molar-refractivity contribution in [2.75, 3.05) is 20.2 Å². The first-order chi connectivity index (χ1) is 9.42. The first-order valence-electron chi connectivity index (χ1n) is 6.43. The maximum atomic E-state index is 9.89. The molecule has 0 aromatic heterocycles. The Hall–Kier alpha value is -0.600. The highest BCUT2D eigenvalue weighted by Gasteiger charge is 2.25. The fourth-order valence-corrected chi connectivity index (χ4v) is 3.25. The molecule has 1 saturated heterocycles. The van der Waals surface area contributed by atoms with Crippen LogP contribution in [0.2, 0.25) is 0 Å². The van der Waals surface area contributed by atoms with Crippen LogP contribution in [0.3, 0.4) is 0 Å². The number of phenolic OH excluding ortho intramolecular Hbond substituents is 1. The van der Waals surface area contributed by atoms with Gasteiger partial charge in [0, 0.05) is 18.7 Å². The van der Waals surface area contributed by atoms with Gasteiger partial charge in [-0.3, -0.25) is 0 Å². The minimum Gasteiger partial charge on any atom is -0.504 e. The second-order valence-corrected chi connectivity index (χ2v) is 6.53. The average Bonchev–Trinajstić information content (AvgIpc) is 2.39. The molecule has 0 amide bonds. The van der Waals surface area contributed by atoms with Crippen molar-refractivity contribution in [2.24, 2.45) is 0 Å². The van der Waals surface area contributed by atoms with Gasteiger partial charge in [0.1, 0.15) is 4.99 Å².